The van der Waals surface area contributed by atoms with Gasteiger partial charge in [-0.2, -0.15) is 4.31 Å². The second kappa shape index (κ2) is 10.1. The van der Waals surface area contributed by atoms with Crippen LogP contribution in [0, 0.1) is 5.82 Å². The molecule has 0 spiro atoms. The highest BCUT2D eigenvalue weighted by molar-refractivity contribution is 7.89. The molecule has 0 aromatic heterocycles. The van der Waals surface area contributed by atoms with Crippen LogP contribution in [-0.2, 0) is 16.6 Å². The van der Waals surface area contributed by atoms with Gasteiger partial charge in [0.05, 0.1) is 0 Å². The summed E-state index contributed by atoms with van der Waals surface area (Å²) in [6, 6.07) is 21.5. The molecular weight excluding hydrogens is 477 g/mol. The number of anilines is 2. The zero-order valence-electron chi connectivity index (χ0n) is 20.4. The minimum absolute atomic E-state index is 0.0320. The molecular formula is C28H32FN3O3S. The molecule has 0 bridgehead atoms. The van der Waals surface area contributed by atoms with Crippen LogP contribution in [-0.4, -0.2) is 50.1 Å². The van der Waals surface area contributed by atoms with E-state index in [1.54, 1.807) is 18.2 Å². The van der Waals surface area contributed by atoms with Gasteiger partial charge in [0, 0.05) is 61.8 Å². The molecule has 2 aliphatic rings. The molecule has 5 rings (SSSR count). The van der Waals surface area contributed by atoms with Gasteiger partial charge in [-0.25, -0.2) is 12.8 Å². The first-order valence-corrected chi connectivity index (χ1v) is 14.0. The average Bonchev–Trinajstić information content (AvgIpc) is 2.88. The van der Waals surface area contributed by atoms with E-state index < -0.39 is 15.3 Å². The van der Waals surface area contributed by atoms with Crippen LogP contribution in [0.3, 0.4) is 0 Å². The Kier molecular flexibility index (Phi) is 6.90. The number of phenolic OH excluding ortho intramolecular Hbond substituents is 1. The molecule has 3 aromatic carbocycles. The van der Waals surface area contributed by atoms with E-state index in [-0.39, 0.29) is 24.2 Å². The summed E-state index contributed by atoms with van der Waals surface area (Å²) in [4.78, 5) is 4.34. The molecule has 36 heavy (non-hydrogen) atoms. The maximum atomic E-state index is 15.3. The van der Waals surface area contributed by atoms with E-state index in [2.05, 4.69) is 9.80 Å². The Hall–Kier alpha value is -3.10. The van der Waals surface area contributed by atoms with Crippen LogP contribution in [0.5, 0.6) is 5.75 Å². The zero-order chi connectivity index (χ0) is 25.3. The molecule has 2 aliphatic heterocycles. The van der Waals surface area contributed by atoms with E-state index in [1.165, 1.54) is 10.4 Å². The monoisotopic (exact) mass is 509 g/mol. The highest BCUT2D eigenvalue weighted by atomic mass is 32.2. The summed E-state index contributed by atoms with van der Waals surface area (Å²) in [5.41, 5.74) is 2.95. The summed E-state index contributed by atoms with van der Waals surface area (Å²) in [5, 5.41) is 9.15. The number of benzene rings is 3. The minimum atomic E-state index is -3.61. The number of sulfonamides is 1. The Morgan fingerprint density at radius 3 is 2.17 bits per heavy atom. The molecule has 0 unspecified atom stereocenters. The second-order valence-corrected chi connectivity index (χ2v) is 11.8. The largest absolute Gasteiger partial charge is 0.508 e. The van der Waals surface area contributed by atoms with Crippen molar-refractivity contribution in [3.05, 3.63) is 89.7 Å². The van der Waals surface area contributed by atoms with Gasteiger partial charge >= 0.3 is 0 Å². The average molecular weight is 510 g/mol. The van der Waals surface area contributed by atoms with E-state index in [4.69, 9.17) is 0 Å². The second-order valence-electron chi connectivity index (χ2n) is 9.69. The van der Waals surface area contributed by atoms with E-state index in [0.29, 0.717) is 12.0 Å². The summed E-state index contributed by atoms with van der Waals surface area (Å²) in [7, 11) is -3.61. The molecule has 8 heteroatoms. The number of halogens is 1. The van der Waals surface area contributed by atoms with Crippen molar-refractivity contribution in [2.24, 2.45) is 0 Å². The number of piperazine rings is 1. The fraction of sp³-hybridized carbons (Fsp3) is 0.357. The molecule has 190 valence electrons. The van der Waals surface area contributed by atoms with Gasteiger partial charge in [-0.3, -0.25) is 0 Å². The Bertz CT molecular complexity index is 1310. The van der Waals surface area contributed by atoms with Gasteiger partial charge in [-0.05, 0) is 49.6 Å². The number of aromatic hydroxyl groups is 1. The predicted molar refractivity (Wildman–Crippen MR) is 141 cm³/mol. The molecule has 2 atom stereocenters. The van der Waals surface area contributed by atoms with Gasteiger partial charge in [0.1, 0.15) is 16.8 Å². The lowest BCUT2D eigenvalue weighted by atomic mass is 10.0. The Morgan fingerprint density at radius 1 is 0.861 bits per heavy atom. The lowest BCUT2D eigenvalue weighted by Crippen LogP contribution is -2.46. The summed E-state index contributed by atoms with van der Waals surface area (Å²) in [6.45, 7) is 4.91. The zero-order valence-corrected chi connectivity index (χ0v) is 21.2. The van der Waals surface area contributed by atoms with Crippen LogP contribution in [0.1, 0.15) is 36.1 Å². The van der Waals surface area contributed by atoms with Crippen LogP contribution in [0.15, 0.2) is 72.8 Å². The van der Waals surface area contributed by atoms with Gasteiger partial charge in [0.2, 0.25) is 10.0 Å². The van der Waals surface area contributed by atoms with E-state index >= 15 is 4.39 Å². The van der Waals surface area contributed by atoms with Crippen molar-refractivity contribution >= 4 is 21.4 Å². The normalized spacial score (nSPS) is 22.5. The quantitative estimate of drug-likeness (QED) is 0.529. The molecule has 2 saturated heterocycles. The van der Waals surface area contributed by atoms with Crippen molar-refractivity contribution in [3.63, 3.8) is 0 Å². The smallest absolute Gasteiger partial charge is 0.221 e. The van der Waals surface area contributed by atoms with Gasteiger partial charge in [-0.15, -0.1) is 0 Å². The molecule has 0 saturated carbocycles. The number of phenols is 1. The third-order valence-corrected chi connectivity index (χ3v) is 9.77. The predicted octanol–water partition coefficient (Wildman–Crippen LogP) is 4.91. The van der Waals surface area contributed by atoms with E-state index in [0.717, 1.165) is 49.5 Å². The Balaban J connectivity index is 1.28. The summed E-state index contributed by atoms with van der Waals surface area (Å²) < 4.78 is 43.7. The molecule has 0 radical (unpaired) electrons. The topological polar surface area (TPSA) is 64.1 Å². The van der Waals surface area contributed by atoms with Gasteiger partial charge in [-0.1, -0.05) is 42.5 Å². The molecule has 6 nitrogen and oxygen atoms in total. The standard InChI is InChI=1S/C28H32FN3O3S/c1-21-10-13-28(22-6-3-2-4-7-22)36(34,35)32(21)20-23-11-12-25(19-27(23)29)31-16-14-30(15-17-31)24-8-5-9-26(33)18-24/h2-9,11-12,18-19,21,28,33H,10,13-17,20H2,1H3/t21-,28+/m0/s1. The van der Waals surface area contributed by atoms with Crippen LogP contribution in [0.25, 0.3) is 0 Å². The van der Waals surface area contributed by atoms with Gasteiger partial charge in [0.15, 0.2) is 0 Å². The Morgan fingerprint density at radius 2 is 1.53 bits per heavy atom. The molecule has 2 heterocycles. The third-order valence-electron chi connectivity index (χ3n) is 7.40. The van der Waals surface area contributed by atoms with Crippen LogP contribution >= 0.6 is 0 Å². The minimum Gasteiger partial charge on any atom is -0.508 e. The summed E-state index contributed by atoms with van der Waals surface area (Å²) in [5.74, 6) is -0.139. The van der Waals surface area contributed by atoms with E-state index in [9.17, 15) is 13.5 Å². The number of nitrogens with zero attached hydrogens (tertiary/aromatic N) is 3. The molecule has 0 amide bonds. The fourth-order valence-electron chi connectivity index (χ4n) is 5.29. The van der Waals surface area contributed by atoms with Crippen LogP contribution in [0.4, 0.5) is 15.8 Å². The maximum absolute atomic E-state index is 15.3. The number of hydrogen-bond donors (Lipinski definition) is 1. The van der Waals surface area contributed by atoms with Crippen molar-refractivity contribution in [1.82, 2.24) is 4.31 Å². The molecule has 0 aliphatic carbocycles. The summed E-state index contributed by atoms with van der Waals surface area (Å²) >= 11 is 0. The SMILES string of the molecule is C[C@H]1CC[C@H](c2ccccc2)S(=O)(=O)N1Cc1ccc(N2CCN(c3cccc(O)c3)CC2)cc1F. The fourth-order valence-corrected chi connectivity index (χ4v) is 7.48. The number of rotatable bonds is 5. The highest BCUT2D eigenvalue weighted by Gasteiger charge is 2.40. The first kappa shape index (κ1) is 24.6. The Labute approximate surface area is 212 Å². The van der Waals surface area contributed by atoms with E-state index in [1.807, 2.05) is 55.5 Å². The lowest BCUT2D eigenvalue weighted by molar-refractivity contribution is 0.279. The number of hydrogen-bond acceptors (Lipinski definition) is 5. The van der Waals surface area contributed by atoms with Crippen LogP contribution in [0.2, 0.25) is 0 Å². The maximum Gasteiger partial charge on any atom is 0.221 e. The lowest BCUT2D eigenvalue weighted by Gasteiger charge is -2.38. The van der Waals surface area contributed by atoms with Crippen molar-refractivity contribution < 1.29 is 17.9 Å². The van der Waals surface area contributed by atoms with Crippen molar-refractivity contribution in [3.8, 4) is 5.75 Å². The third kappa shape index (κ3) is 4.92. The van der Waals surface area contributed by atoms with Crippen molar-refractivity contribution in [1.29, 1.82) is 0 Å². The molecule has 3 aromatic rings. The van der Waals surface area contributed by atoms with Crippen molar-refractivity contribution in [2.75, 3.05) is 36.0 Å². The highest BCUT2D eigenvalue weighted by Crippen LogP contribution is 2.38. The molecule has 1 N–H and O–H groups in total. The first-order chi connectivity index (χ1) is 17.3. The summed E-state index contributed by atoms with van der Waals surface area (Å²) in [6.07, 6.45) is 1.31. The first-order valence-electron chi connectivity index (χ1n) is 12.5. The van der Waals surface area contributed by atoms with Crippen molar-refractivity contribution in [2.45, 2.75) is 37.6 Å². The van der Waals surface area contributed by atoms with Crippen LogP contribution < -0.4 is 9.80 Å². The van der Waals surface area contributed by atoms with Gasteiger partial charge in [0.25, 0.3) is 0 Å². The van der Waals surface area contributed by atoms with Gasteiger partial charge < -0.3 is 14.9 Å². The molecule has 2 fully saturated rings.